The summed E-state index contributed by atoms with van der Waals surface area (Å²) in [7, 11) is 0. The number of thiophene rings is 1. The van der Waals surface area contributed by atoms with Crippen LogP contribution in [0.1, 0.15) is 20.8 Å². The molecule has 4 rings (SSSR count). The maximum atomic E-state index is 13.7. The van der Waals surface area contributed by atoms with Gasteiger partial charge < -0.3 is 16.4 Å². The van der Waals surface area contributed by atoms with E-state index in [1.165, 1.54) is 17.4 Å². The van der Waals surface area contributed by atoms with Crippen molar-refractivity contribution >= 4 is 39.7 Å². The van der Waals surface area contributed by atoms with Gasteiger partial charge in [-0.3, -0.25) is 9.59 Å². The Morgan fingerprint density at radius 3 is 2.61 bits per heavy atom. The van der Waals surface area contributed by atoms with Crippen LogP contribution < -0.4 is 16.4 Å². The number of nitrogens with zero attached hydrogens (tertiary/aromatic N) is 1. The van der Waals surface area contributed by atoms with E-state index in [9.17, 15) is 18.4 Å². The number of carbonyl (C=O) groups excluding carboxylic acids is 2. The second-order valence-electron chi connectivity index (χ2n) is 7.43. The zero-order valence-electron chi connectivity index (χ0n) is 17.3. The summed E-state index contributed by atoms with van der Waals surface area (Å²) in [5, 5.41) is 8.95. The van der Waals surface area contributed by atoms with Gasteiger partial charge in [-0.05, 0) is 52.2 Å². The van der Waals surface area contributed by atoms with E-state index in [0.29, 0.717) is 16.3 Å². The van der Waals surface area contributed by atoms with Crippen molar-refractivity contribution in [1.29, 1.82) is 0 Å². The van der Waals surface area contributed by atoms with Crippen LogP contribution in [0.4, 0.5) is 14.6 Å². The third kappa shape index (κ3) is 5.32. The third-order valence-electron chi connectivity index (χ3n) is 5.12. The van der Waals surface area contributed by atoms with Crippen LogP contribution in [0, 0.1) is 11.6 Å². The molecule has 0 radical (unpaired) electrons. The van der Waals surface area contributed by atoms with Crippen molar-refractivity contribution in [2.75, 3.05) is 5.73 Å². The average Bonchev–Trinajstić information content (AvgIpc) is 3.35. The summed E-state index contributed by atoms with van der Waals surface area (Å²) in [5.74, 6) is -2.43. The summed E-state index contributed by atoms with van der Waals surface area (Å²) in [4.78, 5) is 30.0. The molecular formula is C24H20F2N4O2S. The quantitative estimate of drug-likeness (QED) is 0.386. The van der Waals surface area contributed by atoms with Crippen LogP contribution in [0.15, 0.2) is 66.2 Å². The molecule has 2 heterocycles. The van der Waals surface area contributed by atoms with Crippen LogP contribution in [0.2, 0.25) is 0 Å². The Morgan fingerprint density at radius 2 is 1.85 bits per heavy atom. The molecule has 6 nitrogen and oxygen atoms in total. The van der Waals surface area contributed by atoms with Gasteiger partial charge in [0.25, 0.3) is 5.91 Å². The molecule has 4 N–H and O–H groups in total. The zero-order valence-corrected chi connectivity index (χ0v) is 18.2. The number of amides is 2. The molecule has 0 aliphatic heterocycles. The van der Waals surface area contributed by atoms with E-state index in [1.807, 2.05) is 24.3 Å². The highest BCUT2D eigenvalue weighted by molar-refractivity contribution is 7.12. The van der Waals surface area contributed by atoms with E-state index in [1.54, 1.807) is 23.7 Å². The lowest BCUT2D eigenvalue weighted by molar-refractivity contribution is -0.123. The van der Waals surface area contributed by atoms with Gasteiger partial charge >= 0.3 is 0 Å². The van der Waals surface area contributed by atoms with Crippen molar-refractivity contribution < 1.29 is 18.4 Å². The fraction of sp³-hybridized carbons (Fsp3) is 0.125. The smallest absolute Gasteiger partial charge is 0.262 e. The predicted octanol–water partition coefficient (Wildman–Crippen LogP) is 3.81. The first-order valence-corrected chi connectivity index (χ1v) is 11.0. The van der Waals surface area contributed by atoms with Crippen molar-refractivity contribution in [2.45, 2.75) is 19.0 Å². The fourth-order valence-corrected chi connectivity index (χ4v) is 4.05. The zero-order chi connectivity index (χ0) is 23.4. The molecule has 2 aromatic heterocycles. The summed E-state index contributed by atoms with van der Waals surface area (Å²) in [6.07, 6.45) is 1.61. The monoisotopic (exact) mass is 466 g/mol. The Bertz CT molecular complexity index is 1310. The van der Waals surface area contributed by atoms with Crippen LogP contribution in [0.5, 0.6) is 0 Å². The second-order valence-corrected chi connectivity index (χ2v) is 8.37. The normalized spacial score (nSPS) is 11.8. The van der Waals surface area contributed by atoms with Crippen LogP contribution in [0.25, 0.3) is 10.8 Å². The standard InChI is InChI=1S/C24H20F2N4O2S/c25-18-6-4-14(11-19(18)26)12-20(30-24(32)21-2-1-9-33-21)23(31)29-13-15-3-5-17-16(10-15)7-8-28-22(17)27/h1-11,20H,12-13H2,(H2,27,28)(H,29,31)(H,30,32)/t20-/m0/s1. The fourth-order valence-electron chi connectivity index (χ4n) is 3.42. The van der Waals surface area contributed by atoms with Gasteiger partial charge in [0.2, 0.25) is 5.91 Å². The molecule has 0 fully saturated rings. The van der Waals surface area contributed by atoms with E-state index >= 15 is 0 Å². The predicted molar refractivity (Wildman–Crippen MR) is 124 cm³/mol. The summed E-state index contributed by atoms with van der Waals surface area (Å²) in [5.41, 5.74) is 7.09. The number of anilines is 1. The number of fused-ring (bicyclic) bond motifs is 1. The highest BCUT2D eigenvalue weighted by Gasteiger charge is 2.23. The first kappa shape index (κ1) is 22.3. The number of nitrogens with one attached hydrogen (secondary N) is 2. The molecule has 33 heavy (non-hydrogen) atoms. The summed E-state index contributed by atoms with van der Waals surface area (Å²) in [6.45, 7) is 0.208. The lowest BCUT2D eigenvalue weighted by Crippen LogP contribution is -2.47. The van der Waals surface area contributed by atoms with Gasteiger partial charge in [0.05, 0.1) is 4.88 Å². The number of hydrogen-bond acceptors (Lipinski definition) is 5. The number of halogens is 2. The molecule has 168 valence electrons. The van der Waals surface area contributed by atoms with Crippen LogP contribution in [-0.2, 0) is 17.8 Å². The van der Waals surface area contributed by atoms with Gasteiger partial charge in [0.1, 0.15) is 11.9 Å². The summed E-state index contributed by atoms with van der Waals surface area (Å²) >= 11 is 1.24. The topological polar surface area (TPSA) is 97.1 Å². The molecule has 0 bridgehead atoms. The lowest BCUT2D eigenvalue weighted by Gasteiger charge is -2.19. The molecule has 0 aliphatic carbocycles. The highest BCUT2D eigenvalue weighted by Crippen LogP contribution is 2.20. The molecule has 0 aliphatic rings. The van der Waals surface area contributed by atoms with Gasteiger partial charge in [-0.15, -0.1) is 11.3 Å². The first-order chi connectivity index (χ1) is 15.9. The van der Waals surface area contributed by atoms with Crippen molar-refractivity contribution in [3.8, 4) is 0 Å². The van der Waals surface area contributed by atoms with Crippen LogP contribution in [-0.4, -0.2) is 22.8 Å². The molecule has 1 atom stereocenters. The maximum absolute atomic E-state index is 13.7. The number of nitrogens with two attached hydrogens (primary N) is 1. The number of carbonyl (C=O) groups is 2. The number of pyridine rings is 1. The first-order valence-electron chi connectivity index (χ1n) is 10.1. The highest BCUT2D eigenvalue weighted by atomic mass is 32.1. The summed E-state index contributed by atoms with van der Waals surface area (Å²) < 4.78 is 27.0. The van der Waals surface area contributed by atoms with Crippen molar-refractivity contribution in [3.05, 3.63) is 93.8 Å². The number of hydrogen-bond donors (Lipinski definition) is 3. The Hall–Kier alpha value is -3.85. The summed E-state index contributed by atoms with van der Waals surface area (Å²) in [6, 6.07) is 13.2. The minimum Gasteiger partial charge on any atom is -0.383 e. The SMILES string of the molecule is Nc1nccc2cc(CNC(=O)[C@H](Cc3ccc(F)c(F)c3)NC(=O)c3cccs3)ccc12. The molecule has 2 amide bonds. The third-order valence-corrected chi connectivity index (χ3v) is 5.99. The Morgan fingerprint density at radius 1 is 1.03 bits per heavy atom. The van der Waals surface area contributed by atoms with Crippen molar-refractivity contribution in [3.63, 3.8) is 0 Å². The molecular weight excluding hydrogens is 446 g/mol. The van der Waals surface area contributed by atoms with Gasteiger partial charge in [-0.25, -0.2) is 13.8 Å². The van der Waals surface area contributed by atoms with Gasteiger partial charge in [-0.2, -0.15) is 0 Å². The molecule has 0 unspecified atom stereocenters. The van der Waals surface area contributed by atoms with Crippen molar-refractivity contribution in [2.24, 2.45) is 0 Å². The number of rotatable bonds is 7. The Labute approximate surface area is 192 Å². The van der Waals surface area contributed by atoms with Crippen molar-refractivity contribution in [1.82, 2.24) is 15.6 Å². The maximum Gasteiger partial charge on any atom is 0.262 e. The Balaban J connectivity index is 1.50. The molecule has 9 heteroatoms. The van der Waals surface area contributed by atoms with E-state index < -0.39 is 29.5 Å². The number of nitrogen functional groups attached to an aromatic ring is 1. The van der Waals surface area contributed by atoms with Crippen LogP contribution in [0.3, 0.4) is 0 Å². The second kappa shape index (κ2) is 9.74. The minimum atomic E-state index is -1.01. The molecule has 0 saturated carbocycles. The minimum absolute atomic E-state index is 0.0000713. The molecule has 2 aromatic carbocycles. The van der Waals surface area contributed by atoms with E-state index in [-0.39, 0.29) is 13.0 Å². The van der Waals surface area contributed by atoms with E-state index in [2.05, 4.69) is 15.6 Å². The average molecular weight is 467 g/mol. The molecule has 0 spiro atoms. The largest absolute Gasteiger partial charge is 0.383 e. The molecule has 4 aromatic rings. The molecule has 0 saturated heterocycles. The Kier molecular flexibility index (Phi) is 6.60. The van der Waals surface area contributed by atoms with E-state index in [4.69, 9.17) is 5.73 Å². The van der Waals surface area contributed by atoms with Gasteiger partial charge in [0, 0.05) is 24.5 Å². The van der Waals surface area contributed by atoms with Crippen LogP contribution >= 0.6 is 11.3 Å². The van der Waals surface area contributed by atoms with Gasteiger partial charge in [0.15, 0.2) is 11.6 Å². The van der Waals surface area contributed by atoms with E-state index in [0.717, 1.165) is 28.5 Å². The lowest BCUT2D eigenvalue weighted by atomic mass is 10.0. The number of aromatic nitrogens is 1. The number of benzene rings is 2. The van der Waals surface area contributed by atoms with Gasteiger partial charge in [-0.1, -0.05) is 24.3 Å².